The molecule has 30 heavy (non-hydrogen) atoms. The van der Waals surface area contributed by atoms with Gasteiger partial charge in [0.25, 0.3) is 5.91 Å². The molecule has 1 aromatic heterocycles. The molecule has 1 aliphatic heterocycles. The maximum Gasteiger partial charge on any atom is 0.260 e. The van der Waals surface area contributed by atoms with Crippen molar-refractivity contribution < 1.29 is 9.53 Å². The van der Waals surface area contributed by atoms with Gasteiger partial charge >= 0.3 is 0 Å². The quantitative estimate of drug-likeness (QED) is 0.625. The van der Waals surface area contributed by atoms with E-state index in [2.05, 4.69) is 34.2 Å². The molecule has 1 amide bonds. The van der Waals surface area contributed by atoms with Crippen LogP contribution < -0.4 is 9.64 Å². The van der Waals surface area contributed by atoms with Crippen LogP contribution >= 0.6 is 11.6 Å². The minimum absolute atomic E-state index is 0.0204. The average molecular weight is 423 g/mol. The number of hydrogen-bond acceptors (Lipinski definition) is 5. The Morgan fingerprint density at radius 1 is 0.967 bits per heavy atom. The molecule has 0 N–H and O–H groups in total. The highest BCUT2D eigenvalue weighted by Crippen LogP contribution is 2.22. The second-order valence-corrected chi connectivity index (χ2v) is 7.64. The lowest BCUT2D eigenvalue weighted by Crippen LogP contribution is -2.50. The molecule has 0 unspecified atom stereocenters. The third-order valence-corrected chi connectivity index (χ3v) is 5.46. The van der Waals surface area contributed by atoms with E-state index in [1.54, 1.807) is 24.3 Å². The third-order valence-electron chi connectivity index (χ3n) is 5.20. The van der Waals surface area contributed by atoms with Crippen LogP contribution in [0.5, 0.6) is 5.75 Å². The molecule has 3 aromatic rings. The van der Waals surface area contributed by atoms with Gasteiger partial charge in [-0.1, -0.05) is 35.9 Å². The zero-order valence-corrected chi connectivity index (χ0v) is 17.5. The first kappa shape index (κ1) is 20.2. The lowest BCUT2D eigenvalue weighted by molar-refractivity contribution is -0.133. The van der Waals surface area contributed by atoms with Crippen LogP contribution in [0.1, 0.15) is 5.56 Å². The Morgan fingerprint density at radius 2 is 1.70 bits per heavy atom. The number of carbonyl (C=O) groups excluding carboxylic acids is 1. The van der Waals surface area contributed by atoms with Gasteiger partial charge in [0.15, 0.2) is 12.4 Å². The van der Waals surface area contributed by atoms with E-state index in [0.717, 1.165) is 17.1 Å². The molecule has 4 rings (SSSR count). The van der Waals surface area contributed by atoms with Crippen LogP contribution in [-0.2, 0) is 4.79 Å². The predicted octanol–water partition coefficient (Wildman–Crippen LogP) is 3.83. The number of amides is 1. The minimum atomic E-state index is -0.0226. The van der Waals surface area contributed by atoms with E-state index in [1.807, 2.05) is 29.2 Å². The molecule has 1 aliphatic rings. The Labute approximate surface area is 181 Å². The van der Waals surface area contributed by atoms with Gasteiger partial charge in [-0.25, -0.2) is 0 Å². The molecule has 7 heteroatoms. The Hall–Kier alpha value is -3.12. The Kier molecular flexibility index (Phi) is 6.14. The van der Waals surface area contributed by atoms with Crippen LogP contribution in [0.25, 0.3) is 11.3 Å². The van der Waals surface area contributed by atoms with E-state index in [4.69, 9.17) is 16.3 Å². The van der Waals surface area contributed by atoms with E-state index in [9.17, 15) is 4.79 Å². The summed E-state index contributed by atoms with van der Waals surface area (Å²) in [6, 6.07) is 19.1. The Bertz CT molecular complexity index is 1000. The summed E-state index contributed by atoms with van der Waals surface area (Å²) in [4.78, 5) is 16.4. The van der Waals surface area contributed by atoms with Gasteiger partial charge in [-0.3, -0.25) is 4.79 Å². The number of aryl methyl sites for hydroxylation is 1. The van der Waals surface area contributed by atoms with Crippen LogP contribution in [0, 0.1) is 6.92 Å². The van der Waals surface area contributed by atoms with Gasteiger partial charge in [0.2, 0.25) is 0 Å². The number of nitrogens with zero attached hydrogens (tertiary/aromatic N) is 4. The number of piperazine rings is 1. The molecule has 1 saturated heterocycles. The summed E-state index contributed by atoms with van der Waals surface area (Å²) >= 11 is 5.86. The first-order chi connectivity index (χ1) is 14.6. The van der Waals surface area contributed by atoms with Gasteiger partial charge in [0.05, 0.1) is 5.69 Å². The standard InChI is InChI=1S/C23H23ClN4O2/c1-17-4-2-3-5-20(17)21-10-11-22(26-25-21)27-12-14-28(15-13-27)23(29)16-30-19-8-6-18(24)7-9-19/h2-11H,12-16H2,1H3. The van der Waals surface area contributed by atoms with Gasteiger partial charge in [-0.15, -0.1) is 10.2 Å². The third kappa shape index (κ3) is 4.71. The minimum Gasteiger partial charge on any atom is -0.484 e. The Morgan fingerprint density at radius 3 is 2.37 bits per heavy atom. The van der Waals surface area contributed by atoms with Gasteiger partial charge in [-0.2, -0.15) is 0 Å². The van der Waals surface area contributed by atoms with E-state index in [1.165, 1.54) is 5.56 Å². The molecule has 0 atom stereocenters. The van der Waals surface area contributed by atoms with Crippen LogP contribution in [0.3, 0.4) is 0 Å². The summed E-state index contributed by atoms with van der Waals surface area (Å²) in [6.07, 6.45) is 0. The highest BCUT2D eigenvalue weighted by molar-refractivity contribution is 6.30. The molecular weight excluding hydrogens is 400 g/mol. The van der Waals surface area contributed by atoms with Crippen molar-refractivity contribution in [1.29, 1.82) is 0 Å². The number of aromatic nitrogens is 2. The molecule has 0 saturated carbocycles. The smallest absolute Gasteiger partial charge is 0.260 e. The van der Waals surface area contributed by atoms with Crippen molar-refractivity contribution in [2.45, 2.75) is 6.92 Å². The summed E-state index contributed by atoms with van der Waals surface area (Å²) in [5.41, 5.74) is 3.13. The summed E-state index contributed by atoms with van der Waals surface area (Å²) in [5.74, 6) is 1.44. The lowest BCUT2D eigenvalue weighted by Gasteiger charge is -2.35. The molecule has 0 bridgehead atoms. The molecule has 2 aromatic carbocycles. The van der Waals surface area contributed by atoms with E-state index in [0.29, 0.717) is 37.0 Å². The van der Waals surface area contributed by atoms with Crippen molar-refractivity contribution in [3.63, 3.8) is 0 Å². The SMILES string of the molecule is Cc1ccccc1-c1ccc(N2CCN(C(=O)COc3ccc(Cl)cc3)CC2)nn1. The number of ether oxygens (including phenoxy) is 1. The molecule has 6 nitrogen and oxygen atoms in total. The summed E-state index contributed by atoms with van der Waals surface area (Å²) in [5, 5.41) is 9.46. The van der Waals surface area contributed by atoms with Crippen molar-refractivity contribution in [1.82, 2.24) is 15.1 Å². The van der Waals surface area contributed by atoms with Crippen LogP contribution in [0.4, 0.5) is 5.82 Å². The summed E-state index contributed by atoms with van der Waals surface area (Å²) < 4.78 is 5.57. The monoisotopic (exact) mass is 422 g/mol. The van der Waals surface area contributed by atoms with Crippen LogP contribution in [0.2, 0.25) is 5.02 Å². The number of rotatable bonds is 5. The van der Waals surface area contributed by atoms with E-state index < -0.39 is 0 Å². The van der Waals surface area contributed by atoms with Crippen molar-refractivity contribution in [3.8, 4) is 17.0 Å². The maximum absolute atomic E-state index is 12.4. The summed E-state index contributed by atoms with van der Waals surface area (Å²) in [7, 11) is 0. The molecular formula is C23H23ClN4O2. The van der Waals surface area contributed by atoms with Crippen LogP contribution in [-0.4, -0.2) is 53.8 Å². The fourth-order valence-corrected chi connectivity index (χ4v) is 3.58. The molecule has 154 valence electrons. The van der Waals surface area contributed by atoms with Gasteiger partial charge < -0.3 is 14.5 Å². The van der Waals surface area contributed by atoms with Crippen molar-refractivity contribution in [2.75, 3.05) is 37.7 Å². The highest BCUT2D eigenvalue weighted by Gasteiger charge is 2.22. The lowest BCUT2D eigenvalue weighted by atomic mass is 10.1. The first-order valence-corrected chi connectivity index (χ1v) is 10.3. The molecule has 0 aliphatic carbocycles. The van der Waals surface area contributed by atoms with Gasteiger partial charge in [-0.05, 0) is 48.9 Å². The molecule has 0 spiro atoms. The van der Waals surface area contributed by atoms with Crippen molar-refractivity contribution in [3.05, 3.63) is 71.2 Å². The molecule has 2 heterocycles. The average Bonchev–Trinajstić information content (AvgIpc) is 2.79. The van der Waals surface area contributed by atoms with E-state index >= 15 is 0 Å². The van der Waals surface area contributed by atoms with Crippen molar-refractivity contribution in [2.24, 2.45) is 0 Å². The van der Waals surface area contributed by atoms with Gasteiger partial charge in [0, 0.05) is 36.8 Å². The largest absolute Gasteiger partial charge is 0.484 e. The topological polar surface area (TPSA) is 58.6 Å². The normalized spacial score (nSPS) is 13.9. The van der Waals surface area contributed by atoms with Crippen molar-refractivity contribution >= 4 is 23.3 Å². The number of hydrogen-bond donors (Lipinski definition) is 0. The Balaban J connectivity index is 1.30. The number of halogens is 1. The summed E-state index contributed by atoms with van der Waals surface area (Å²) in [6.45, 7) is 4.77. The molecule has 0 radical (unpaired) electrons. The molecule has 1 fully saturated rings. The second-order valence-electron chi connectivity index (χ2n) is 7.20. The first-order valence-electron chi connectivity index (χ1n) is 9.91. The fourth-order valence-electron chi connectivity index (χ4n) is 3.45. The number of benzene rings is 2. The maximum atomic E-state index is 12.4. The van der Waals surface area contributed by atoms with E-state index in [-0.39, 0.29) is 12.5 Å². The number of carbonyl (C=O) groups is 1. The second kappa shape index (κ2) is 9.13. The van der Waals surface area contributed by atoms with Crippen LogP contribution in [0.15, 0.2) is 60.7 Å². The van der Waals surface area contributed by atoms with Gasteiger partial charge in [0.1, 0.15) is 5.75 Å². The fraction of sp³-hybridized carbons (Fsp3) is 0.261. The predicted molar refractivity (Wildman–Crippen MR) is 118 cm³/mol. The number of anilines is 1. The zero-order chi connectivity index (χ0) is 20.9. The highest BCUT2D eigenvalue weighted by atomic mass is 35.5. The zero-order valence-electron chi connectivity index (χ0n) is 16.8.